The average Bonchev–Trinajstić information content (AvgIpc) is 3.10. The predicted octanol–water partition coefficient (Wildman–Crippen LogP) is 1.11. The number of aliphatic hydroxyl groups excluding tert-OH is 1. The molecule has 98 valence electrons. The minimum Gasteiger partial charge on any atom is -0.461 e. The molecule has 3 rings (SSSR count). The van der Waals surface area contributed by atoms with Crippen LogP contribution in [0.1, 0.15) is 11.4 Å². The van der Waals surface area contributed by atoms with E-state index in [1.165, 1.54) is 0 Å². The van der Waals surface area contributed by atoms with Gasteiger partial charge in [0.15, 0.2) is 5.76 Å². The van der Waals surface area contributed by atoms with Crippen LogP contribution < -0.4 is 0 Å². The summed E-state index contributed by atoms with van der Waals surface area (Å²) in [5.74, 6) is 1.22. The van der Waals surface area contributed by atoms with Crippen molar-refractivity contribution in [3.8, 4) is 11.5 Å². The molecule has 0 saturated carbocycles. The number of aliphatic hydroxyl groups is 1. The molecule has 0 spiro atoms. The van der Waals surface area contributed by atoms with Crippen molar-refractivity contribution in [2.75, 3.05) is 6.61 Å². The summed E-state index contributed by atoms with van der Waals surface area (Å²) in [5, 5.41) is 20.6. The zero-order chi connectivity index (χ0) is 13.1. The fraction of sp³-hybridized carbons (Fsp3) is 0.250. The molecule has 0 aliphatic rings. The normalized spacial score (nSPS) is 11.0. The van der Waals surface area contributed by atoms with Crippen LogP contribution in [-0.2, 0) is 13.0 Å². The van der Waals surface area contributed by atoms with Crippen LogP contribution in [0.15, 0.2) is 39.6 Å². The molecule has 0 aromatic carbocycles. The second-order valence-electron chi connectivity index (χ2n) is 4.04. The van der Waals surface area contributed by atoms with E-state index in [0.717, 1.165) is 11.4 Å². The topological polar surface area (TPSA) is 90.1 Å². The van der Waals surface area contributed by atoms with E-state index in [-0.39, 0.29) is 6.61 Å². The summed E-state index contributed by atoms with van der Waals surface area (Å²) < 4.78 is 12.1. The Morgan fingerprint density at radius 2 is 2.21 bits per heavy atom. The van der Waals surface area contributed by atoms with Crippen LogP contribution >= 0.6 is 0 Å². The highest BCUT2D eigenvalue weighted by molar-refractivity contribution is 5.49. The maximum atomic E-state index is 8.81. The maximum Gasteiger partial charge on any atom is 0.202 e. The van der Waals surface area contributed by atoms with Gasteiger partial charge in [-0.1, -0.05) is 10.4 Å². The van der Waals surface area contributed by atoms with Crippen LogP contribution in [-0.4, -0.2) is 31.9 Å². The first kappa shape index (κ1) is 11.7. The lowest BCUT2D eigenvalue weighted by molar-refractivity contribution is 0.298. The number of rotatable bonds is 5. The van der Waals surface area contributed by atoms with Crippen LogP contribution in [0.25, 0.3) is 11.5 Å². The van der Waals surface area contributed by atoms with Gasteiger partial charge >= 0.3 is 0 Å². The van der Waals surface area contributed by atoms with Gasteiger partial charge < -0.3 is 14.0 Å². The van der Waals surface area contributed by atoms with Gasteiger partial charge in [-0.3, -0.25) is 0 Å². The first-order valence-corrected chi connectivity index (χ1v) is 5.84. The summed E-state index contributed by atoms with van der Waals surface area (Å²) >= 11 is 0. The van der Waals surface area contributed by atoms with E-state index in [4.69, 9.17) is 14.0 Å². The Morgan fingerprint density at radius 3 is 3.00 bits per heavy atom. The third-order valence-corrected chi connectivity index (χ3v) is 2.60. The molecule has 1 N–H and O–H groups in total. The number of hydrogen-bond acceptors (Lipinski definition) is 6. The first-order chi connectivity index (χ1) is 9.35. The zero-order valence-corrected chi connectivity index (χ0v) is 10.1. The molecule has 0 unspecified atom stereocenters. The Bertz CT molecular complexity index is 642. The summed E-state index contributed by atoms with van der Waals surface area (Å²) in [6, 6.07) is 5.39. The number of hydrogen-bond donors (Lipinski definition) is 1. The molecule has 0 atom stereocenters. The van der Waals surface area contributed by atoms with Crippen molar-refractivity contribution in [3.05, 3.63) is 42.0 Å². The number of furan rings is 1. The molecule has 0 aliphatic heterocycles. The second-order valence-corrected chi connectivity index (χ2v) is 4.04. The summed E-state index contributed by atoms with van der Waals surface area (Å²) in [4.78, 5) is 0. The van der Waals surface area contributed by atoms with E-state index in [0.29, 0.717) is 24.5 Å². The van der Waals surface area contributed by atoms with E-state index < -0.39 is 0 Å². The predicted molar refractivity (Wildman–Crippen MR) is 64.1 cm³/mol. The standard InChI is InChI=1S/C12H12N4O3/c17-4-3-9-7-16(15-13-9)8-10-6-12(19-14-10)11-2-1-5-18-11/h1-2,5-7,17H,3-4,8H2. The smallest absolute Gasteiger partial charge is 0.202 e. The van der Waals surface area contributed by atoms with Crippen LogP contribution in [0.4, 0.5) is 0 Å². The Morgan fingerprint density at radius 1 is 1.26 bits per heavy atom. The van der Waals surface area contributed by atoms with Crippen molar-refractivity contribution in [1.82, 2.24) is 20.2 Å². The van der Waals surface area contributed by atoms with Crippen LogP contribution in [0.3, 0.4) is 0 Å². The minimum atomic E-state index is 0.0608. The molecule has 0 bridgehead atoms. The van der Waals surface area contributed by atoms with E-state index in [2.05, 4.69) is 15.5 Å². The Labute approximate surface area is 108 Å². The molecule has 19 heavy (non-hydrogen) atoms. The molecular formula is C12H12N4O3. The zero-order valence-electron chi connectivity index (χ0n) is 10.1. The van der Waals surface area contributed by atoms with E-state index in [1.807, 2.05) is 0 Å². The molecule has 0 saturated heterocycles. The monoisotopic (exact) mass is 260 g/mol. The van der Waals surface area contributed by atoms with E-state index >= 15 is 0 Å². The third-order valence-electron chi connectivity index (χ3n) is 2.60. The highest BCUT2D eigenvalue weighted by atomic mass is 16.5. The lowest BCUT2D eigenvalue weighted by atomic mass is 10.3. The maximum absolute atomic E-state index is 8.81. The van der Waals surface area contributed by atoms with Crippen molar-refractivity contribution in [2.45, 2.75) is 13.0 Å². The van der Waals surface area contributed by atoms with Gasteiger partial charge in [0.1, 0.15) is 5.69 Å². The molecular weight excluding hydrogens is 248 g/mol. The fourth-order valence-electron chi connectivity index (χ4n) is 1.73. The van der Waals surface area contributed by atoms with E-state index in [9.17, 15) is 0 Å². The quantitative estimate of drug-likeness (QED) is 0.739. The Hall–Kier alpha value is -2.41. The summed E-state index contributed by atoms with van der Waals surface area (Å²) in [6.07, 6.45) is 3.85. The fourth-order valence-corrected chi connectivity index (χ4v) is 1.73. The van der Waals surface area contributed by atoms with Gasteiger partial charge in [-0.2, -0.15) is 0 Å². The lowest BCUT2D eigenvalue weighted by Crippen LogP contribution is -2.00. The van der Waals surface area contributed by atoms with Crippen LogP contribution in [0.5, 0.6) is 0 Å². The SMILES string of the molecule is OCCc1cn(Cc2cc(-c3ccco3)on2)nn1. The molecule has 0 fully saturated rings. The third kappa shape index (κ3) is 2.55. The average molecular weight is 260 g/mol. The molecule has 3 aromatic heterocycles. The van der Waals surface area contributed by atoms with Crippen molar-refractivity contribution < 1.29 is 14.0 Å². The van der Waals surface area contributed by atoms with Gasteiger partial charge in [0.05, 0.1) is 18.5 Å². The van der Waals surface area contributed by atoms with Gasteiger partial charge in [0.2, 0.25) is 5.76 Å². The van der Waals surface area contributed by atoms with Crippen molar-refractivity contribution in [2.24, 2.45) is 0 Å². The van der Waals surface area contributed by atoms with E-state index in [1.54, 1.807) is 35.3 Å². The minimum absolute atomic E-state index is 0.0608. The molecule has 3 heterocycles. The van der Waals surface area contributed by atoms with Gasteiger partial charge in [-0.15, -0.1) is 5.10 Å². The summed E-state index contributed by atoms with van der Waals surface area (Å²) in [6.45, 7) is 0.522. The second kappa shape index (κ2) is 5.07. The van der Waals surface area contributed by atoms with Gasteiger partial charge in [-0.05, 0) is 12.1 Å². The molecule has 7 heteroatoms. The molecule has 7 nitrogen and oxygen atoms in total. The lowest BCUT2D eigenvalue weighted by Gasteiger charge is -1.93. The Balaban J connectivity index is 1.72. The number of nitrogens with zero attached hydrogens (tertiary/aromatic N) is 4. The van der Waals surface area contributed by atoms with Gasteiger partial charge in [-0.25, -0.2) is 4.68 Å². The summed E-state index contributed by atoms with van der Waals surface area (Å²) in [5.41, 5.74) is 1.48. The number of aromatic nitrogens is 4. The highest BCUT2D eigenvalue weighted by Crippen LogP contribution is 2.20. The molecule has 0 amide bonds. The van der Waals surface area contributed by atoms with Crippen LogP contribution in [0.2, 0.25) is 0 Å². The molecule has 3 aromatic rings. The largest absolute Gasteiger partial charge is 0.461 e. The Kier molecular flexibility index (Phi) is 3.11. The molecule has 0 radical (unpaired) electrons. The van der Waals surface area contributed by atoms with Crippen molar-refractivity contribution >= 4 is 0 Å². The van der Waals surface area contributed by atoms with Gasteiger partial charge in [0, 0.05) is 25.3 Å². The summed E-state index contributed by atoms with van der Waals surface area (Å²) in [7, 11) is 0. The highest BCUT2D eigenvalue weighted by Gasteiger charge is 2.10. The van der Waals surface area contributed by atoms with Gasteiger partial charge in [0.25, 0.3) is 0 Å². The van der Waals surface area contributed by atoms with Crippen molar-refractivity contribution in [3.63, 3.8) is 0 Å². The molecule has 0 aliphatic carbocycles. The van der Waals surface area contributed by atoms with Crippen molar-refractivity contribution in [1.29, 1.82) is 0 Å². The first-order valence-electron chi connectivity index (χ1n) is 5.84. The van der Waals surface area contributed by atoms with Crippen LogP contribution in [0, 0.1) is 0 Å².